The highest BCUT2D eigenvalue weighted by Crippen LogP contribution is 1.79. The van der Waals surface area contributed by atoms with Gasteiger partial charge in [-0.15, -0.1) is 0 Å². The van der Waals surface area contributed by atoms with Gasteiger partial charge in [-0.1, -0.05) is 0 Å². The first-order chi connectivity index (χ1) is 3.79. The fourth-order valence-electron chi connectivity index (χ4n) is 0.610. The van der Waals surface area contributed by atoms with Crippen molar-refractivity contribution in [3.63, 3.8) is 0 Å². The van der Waals surface area contributed by atoms with E-state index in [4.69, 9.17) is 5.11 Å². The number of carbonyl (C=O) groups excluding carboxylic acids is 1. The normalized spacial score (nSPS) is 29.6. The van der Waals surface area contributed by atoms with Crippen molar-refractivity contribution in [2.24, 2.45) is 0 Å². The molecule has 1 rings (SSSR count). The molecule has 1 amide bonds. The topological polar surface area (TPSA) is 61.4 Å². The number of hydrogen-bond donors (Lipinski definition) is 3. The van der Waals surface area contributed by atoms with Crippen LogP contribution in [0.3, 0.4) is 0 Å². The Morgan fingerprint density at radius 3 is 2.88 bits per heavy atom. The van der Waals surface area contributed by atoms with Gasteiger partial charge in [0.25, 0.3) is 0 Å². The minimum absolute atomic E-state index is 0.149. The Labute approximate surface area is 46.9 Å². The molecule has 0 spiro atoms. The zero-order chi connectivity index (χ0) is 5.98. The number of rotatable bonds is 0. The van der Waals surface area contributed by atoms with Gasteiger partial charge in [0, 0.05) is 6.54 Å². The van der Waals surface area contributed by atoms with Crippen molar-refractivity contribution >= 4 is 5.91 Å². The van der Waals surface area contributed by atoms with Gasteiger partial charge in [0.1, 0.15) is 6.23 Å². The molecule has 1 aliphatic rings. The molecule has 1 saturated heterocycles. The first-order valence-electron chi connectivity index (χ1n) is 2.47. The van der Waals surface area contributed by atoms with Crippen molar-refractivity contribution in [3.8, 4) is 0 Å². The maximum atomic E-state index is 10.3. The second kappa shape index (κ2) is 2.11. The third-order valence-corrected chi connectivity index (χ3v) is 0.951. The molecule has 1 atom stereocenters. The average molecular weight is 116 g/mol. The second-order valence-electron chi connectivity index (χ2n) is 1.71. The molecule has 0 aromatic rings. The lowest BCUT2D eigenvalue weighted by Crippen LogP contribution is -2.51. The second-order valence-corrected chi connectivity index (χ2v) is 1.71. The summed E-state index contributed by atoms with van der Waals surface area (Å²) in [6, 6.07) is 0. The lowest BCUT2D eigenvalue weighted by Gasteiger charge is -2.18. The van der Waals surface area contributed by atoms with E-state index in [1.54, 1.807) is 0 Å². The van der Waals surface area contributed by atoms with Crippen molar-refractivity contribution in [2.75, 3.05) is 13.1 Å². The Morgan fingerprint density at radius 2 is 2.50 bits per heavy atom. The van der Waals surface area contributed by atoms with Crippen LogP contribution in [-0.4, -0.2) is 30.3 Å². The molecule has 1 aliphatic heterocycles. The lowest BCUT2D eigenvalue weighted by molar-refractivity contribution is -0.125. The third-order valence-electron chi connectivity index (χ3n) is 0.951. The van der Waals surface area contributed by atoms with Gasteiger partial charge in [-0.2, -0.15) is 0 Å². The van der Waals surface area contributed by atoms with E-state index in [0.29, 0.717) is 13.1 Å². The van der Waals surface area contributed by atoms with E-state index in [0.717, 1.165) is 0 Å². The molecule has 0 saturated carbocycles. The average Bonchev–Trinajstić information content (AvgIpc) is 1.64. The van der Waals surface area contributed by atoms with Gasteiger partial charge in [0.2, 0.25) is 5.91 Å². The predicted molar refractivity (Wildman–Crippen MR) is 27.0 cm³/mol. The van der Waals surface area contributed by atoms with Crippen LogP contribution in [-0.2, 0) is 4.79 Å². The molecule has 3 N–H and O–H groups in total. The summed E-state index contributed by atoms with van der Waals surface area (Å²) in [7, 11) is 0. The van der Waals surface area contributed by atoms with Crippen LogP contribution in [0, 0.1) is 0 Å². The fourth-order valence-corrected chi connectivity index (χ4v) is 0.610. The van der Waals surface area contributed by atoms with Crippen LogP contribution in [0.15, 0.2) is 0 Å². The monoisotopic (exact) mass is 116 g/mol. The third kappa shape index (κ3) is 1.18. The molecule has 4 nitrogen and oxygen atoms in total. The molecular weight excluding hydrogens is 108 g/mol. The van der Waals surface area contributed by atoms with Crippen LogP contribution in [0.25, 0.3) is 0 Å². The number of hydrogen-bond acceptors (Lipinski definition) is 3. The predicted octanol–water partition coefficient (Wildman–Crippen LogP) is -1.98. The number of carbonyl (C=O) groups is 1. The maximum Gasteiger partial charge on any atom is 0.235 e. The molecule has 0 bridgehead atoms. The van der Waals surface area contributed by atoms with E-state index in [-0.39, 0.29) is 5.91 Å². The summed E-state index contributed by atoms with van der Waals surface area (Å²) in [4.78, 5) is 10.3. The molecule has 46 valence electrons. The molecule has 1 fully saturated rings. The highest BCUT2D eigenvalue weighted by atomic mass is 16.3. The Morgan fingerprint density at radius 1 is 1.75 bits per heavy atom. The van der Waals surface area contributed by atoms with Crippen LogP contribution in [0.1, 0.15) is 0 Å². The molecule has 1 heterocycles. The minimum atomic E-state index is -0.698. The van der Waals surface area contributed by atoms with Crippen LogP contribution in [0.5, 0.6) is 0 Å². The number of piperazine rings is 1. The highest BCUT2D eigenvalue weighted by Gasteiger charge is 2.12. The first-order valence-corrected chi connectivity index (χ1v) is 2.47. The Bertz CT molecular complexity index is 104. The van der Waals surface area contributed by atoms with Gasteiger partial charge in [-0.05, 0) is 0 Å². The van der Waals surface area contributed by atoms with Gasteiger partial charge >= 0.3 is 0 Å². The summed E-state index contributed by atoms with van der Waals surface area (Å²) < 4.78 is 0. The molecular formula is C4H8N2O2. The summed E-state index contributed by atoms with van der Waals surface area (Å²) in [6.07, 6.45) is -0.698. The maximum absolute atomic E-state index is 10.3. The van der Waals surface area contributed by atoms with Crippen molar-refractivity contribution in [1.29, 1.82) is 0 Å². The van der Waals surface area contributed by atoms with E-state index in [2.05, 4.69) is 10.6 Å². The molecule has 1 unspecified atom stereocenters. The lowest BCUT2D eigenvalue weighted by atomic mass is 10.4. The van der Waals surface area contributed by atoms with E-state index >= 15 is 0 Å². The number of amides is 1. The summed E-state index contributed by atoms with van der Waals surface area (Å²) in [6.45, 7) is 0.767. The summed E-state index contributed by atoms with van der Waals surface area (Å²) in [5.74, 6) is -0.149. The Balaban J connectivity index is 2.34. The van der Waals surface area contributed by atoms with Crippen LogP contribution in [0.2, 0.25) is 0 Å². The van der Waals surface area contributed by atoms with Crippen LogP contribution in [0.4, 0.5) is 0 Å². The molecule has 0 aliphatic carbocycles. The molecule has 8 heavy (non-hydrogen) atoms. The zero-order valence-electron chi connectivity index (χ0n) is 4.35. The first kappa shape index (κ1) is 5.53. The number of β-amino-alcohol motifs (C(OH)–C–C–N with tert-alkyl or cyclic N) is 1. The quantitative estimate of drug-likeness (QED) is 0.344. The molecule has 0 aromatic heterocycles. The number of nitrogens with one attached hydrogen (secondary N) is 2. The highest BCUT2D eigenvalue weighted by molar-refractivity contribution is 5.78. The smallest absolute Gasteiger partial charge is 0.235 e. The van der Waals surface area contributed by atoms with E-state index in [1.807, 2.05) is 0 Å². The Kier molecular flexibility index (Phi) is 1.45. The SMILES string of the molecule is O=C1CNCC(O)N1. The minimum Gasteiger partial charge on any atom is -0.372 e. The van der Waals surface area contributed by atoms with Crippen LogP contribution < -0.4 is 10.6 Å². The van der Waals surface area contributed by atoms with E-state index in [1.165, 1.54) is 0 Å². The van der Waals surface area contributed by atoms with Gasteiger partial charge in [-0.25, -0.2) is 0 Å². The fraction of sp³-hybridized carbons (Fsp3) is 0.750. The van der Waals surface area contributed by atoms with E-state index < -0.39 is 6.23 Å². The largest absolute Gasteiger partial charge is 0.372 e. The van der Waals surface area contributed by atoms with Crippen molar-refractivity contribution in [1.82, 2.24) is 10.6 Å². The summed E-state index contributed by atoms with van der Waals surface area (Å²) >= 11 is 0. The van der Waals surface area contributed by atoms with Crippen molar-refractivity contribution in [2.45, 2.75) is 6.23 Å². The molecule has 4 heteroatoms. The summed E-state index contributed by atoms with van der Waals surface area (Å²) in [5, 5.41) is 13.7. The molecule has 0 radical (unpaired) electrons. The zero-order valence-corrected chi connectivity index (χ0v) is 4.35. The van der Waals surface area contributed by atoms with Gasteiger partial charge in [0.05, 0.1) is 6.54 Å². The standard InChI is InChI=1S/C4H8N2O2/c7-3-1-5-2-4(8)6-3/h3,5,7H,1-2H2,(H,6,8). The van der Waals surface area contributed by atoms with Gasteiger partial charge in [-0.3, -0.25) is 4.79 Å². The summed E-state index contributed by atoms with van der Waals surface area (Å²) in [5.41, 5.74) is 0. The molecule has 0 aromatic carbocycles. The van der Waals surface area contributed by atoms with Gasteiger partial charge in [0.15, 0.2) is 0 Å². The van der Waals surface area contributed by atoms with Gasteiger partial charge < -0.3 is 15.7 Å². The number of aliphatic hydroxyl groups is 1. The van der Waals surface area contributed by atoms with Crippen molar-refractivity contribution in [3.05, 3.63) is 0 Å². The Hall–Kier alpha value is -0.610. The van der Waals surface area contributed by atoms with E-state index in [9.17, 15) is 4.79 Å². The van der Waals surface area contributed by atoms with Crippen LogP contribution >= 0.6 is 0 Å². The number of aliphatic hydroxyl groups excluding tert-OH is 1. The van der Waals surface area contributed by atoms with Crippen molar-refractivity contribution < 1.29 is 9.90 Å².